The summed E-state index contributed by atoms with van der Waals surface area (Å²) >= 11 is 0. The Morgan fingerprint density at radius 2 is 2.38 bits per heavy atom. The van der Waals surface area contributed by atoms with Crippen molar-refractivity contribution >= 4 is 5.91 Å². The average molecular weight is 176 g/mol. The SMILES string of the molecule is Cc1nc(C(=O)NN)ccc1C#N. The molecule has 0 unspecified atom stereocenters. The number of pyridine rings is 1. The van der Waals surface area contributed by atoms with E-state index < -0.39 is 5.91 Å². The molecular formula is C8H8N4O. The summed E-state index contributed by atoms with van der Waals surface area (Å²) in [5.74, 6) is 4.45. The van der Waals surface area contributed by atoms with Crippen molar-refractivity contribution in [3.8, 4) is 6.07 Å². The largest absolute Gasteiger partial charge is 0.289 e. The van der Waals surface area contributed by atoms with E-state index in [-0.39, 0.29) is 5.69 Å². The first kappa shape index (κ1) is 9.16. The molecule has 5 heteroatoms. The number of nitrogens with zero attached hydrogens (tertiary/aromatic N) is 2. The van der Waals surface area contributed by atoms with Crippen LogP contribution in [0.3, 0.4) is 0 Å². The molecule has 0 radical (unpaired) electrons. The molecule has 0 aliphatic carbocycles. The Bertz CT molecular complexity index is 380. The number of carbonyl (C=O) groups is 1. The maximum atomic E-state index is 11.0. The smallest absolute Gasteiger partial charge is 0.283 e. The second kappa shape index (κ2) is 3.65. The molecule has 3 N–H and O–H groups in total. The third-order valence-corrected chi connectivity index (χ3v) is 1.57. The minimum Gasteiger partial charge on any atom is -0.289 e. The van der Waals surface area contributed by atoms with E-state index in [0.29, 0.717) is 11.3 Å². The van der Waals surface area contributed by atoms with Crippen molar-refractivity contribution in [2.75, 3.05) is 0 Å². The Morgan fingerprint density at radius 3 is 2.85 bits per heavy atom. The van der Waals surface area contributed by atoms with Gasteiger partial charge in [0.15, 0.2) is 0 Å². The fraction of sp³-hybridized carbons (Fsp3) is 0.125. The average Bonchev–Trinajstić information content (AvgIpc) is 2.16. The van der Waals surface area contributed by atoms with Crippen LogP contribution in [0.2, 0.25) is 0 Å². The van der Waals surface area contributed by atoms with Gasteiger partial charge in [-0.15, -0.1) is 0 Å². The predicted molar refractivity (Wildman–Crippen MR) is 45.3 cm³/mol. The van der Waals surface area contributed by atoms with Crippen molar-refractivity contribution in [3.05, 3.63) is 29.1 Å². The van der Waals surface area contributed by atoms with Gasteiger partial charge in [-0.2, -0.15) is 5.26 Å². The first-order chi connectivity index (χ1) is 6.19. The quantitative estimate of drug-likeness (QED) is 0.354. The van der Waals surface area contributed by atoms with E-state index >= 15 is 0 Å². The lowest BCUT2D eigenvalue weighted by Gasteiger charge is -2.00. The lowest BCUT2D eigenvalue weighted by Crippen LogP contribution is -2.30. The summed E-state index contributed by atoms with van der Waals surface area (Å²) in [5, 5.41) is 8.59. The topological polar surface area (TPSA) is 91.8 Å². The van der Waals surface area contributed by atoms with E-state index in [1.807, 2.05) is 11.5 Å². The zero-order valence-electron chi connectivity index (χ0n) is 7.03. The van der Waals surface area contributed by atoms with E-state index in [4.69, 9.17) is 11.1 Å². The van der Waals surface area contributed by atoms with Crippen molar-refractivity contribution in [3.63, 3.8) is 0 Å². The van der Waals surface area contributed by atoms with Crippen LogP contribution in [0.5, 0.6) is 0 Å². The van der Waals surface area contributed by atoms with Gasteiger partial charge in [-0.1, -0.05) is 0 Å². The molecule has 0 fully saturated rings. The Balaban J connectivity index is 3.11. The number of hydrazine groups is 1. The van der Waals surface area contributed by atoms with E-state index in [2.05, 4.69) is 4.98 Å². The molecule has 0 atom stereocenters. The molecule has 1 aromatic heterocycles. The Kier molecular flexibility index (Phi) is 2.57. The maximum absolute atomic E-state index is 11.0. The van der Waals surface area contributed by atoms with Gasteiger partial charge in [0.05, 0.1) is 11.3 Å². The van der Waals surface area contributed by atoms with E-state index in [1.165, 1.54) is 12.1 Å². The third kappa shape index (κ3) is 1.80. The molecule has 1 aromatic rings. The molecule has 0 spiro atoms. The number of nitrogens with two attached hydrogens (primary N) is 1. The van der Waals surface area contributed by atoms with Crippen molar-refractivity contribution in [1.82, 2.24) is 10.4 Å². The van der Waals surface area contributed by atoms with Gasteiger partial charge in [0.25, 0.3) is 5.91 Å². The Hall–Kier alpha value is -1.93. The minimum absolute atomic E-state index is 0.207. The number of nitrogen functional groups attached to an aromatic ring is 1. The zero-order valence-corrected chi connectivity index (χ0v) is 7.03. The molecule has 0 saturated carbocycles. The number of carbonyl (C=O) groups excluding carboxylic acids is 1. The highest BCUT2D eigenvalue weighted by Gasteiger charge is 2.06. The van der Waals surface area contributed by atoms with Crippen LogP contribution in [0.1, 0.15) is 21.7 Å². The Morgan fingerprint density at radius 1 is 1.69 bits per heavy atom. The van der Waals surface area contributed by atoms with Gasteiger partial charge in [-0.25, -0.2) is 10.8 Å². The molecule has 1 rings (SSSR count). The van der Waals surface area contributed by atoms with E-state index in [1.54, 1.807) is 6.92 Å². The molecule has 13 heavy (non-hydrogen) atoms. The number of rotatable bonds is 1. The van der Waals surface area contributed by atoms with Crippen LogP contribution in [0.15, 0.2) is 12.1 Å². The first-order valence-corrected chi connectivity index (χ1v) is 3.57. The van der Waals surface area contributed by atoms with Crippen LogP contribution in [0.4, 0.5) is 0 Å². The molecule has 0 saturated heterocycles. The van der Waals surface area contributed by atoms with Crippen LogP contribution >= 0.6 is 0 Å². The van der Waals surface area contributed by atoms with E-state index in [0.717, 1.165) is 0 Å². The highest BCUT2D eigenvalue weighted by atomic mass is 16.2. The number of hydrogen-bond acceptors (Lipinski definition) is 4. The number of aryl methyl sites for hydroxylation is 1. The third-order valence-electron chi connectivity index (χ3n) is 1.57. The van der Waals surface area contributed by atoms with Crippen LogP contribution in [0, 0.1) is 18.3 Å². The van der Waals surface area contributed by atoms with Crippen molar-refractivity contribution in [2.24, 2.45) is 5.84 Å². The second-order valence-electron chi connectivity index (χ2n) is 2.41. The summed E-state index contributed by atoms with van der Waals surface area (Å²) in [6, 6.07) is 4.94. The number of nitriles is 1. The summed E-state index contributed by atoms with van der Waals surface area (Å²) < 4.78 is 0. The highest BCUT2D eigenvalue weighted by molar-refractivity contribution is 5.91. The van der Waals surface area contributed by atoms with E-state index in [9.17, 15) is 4.79 Å². The standard InChI is InChI=1S/C8H8N4O/c1-5-6(4-9)2-3-7(11-5)8(13)12-10/h2-3H,10H2,1H3,(H,12,13). The molecular weight excluding hydrogens is 168 g/mol. The second-order valence-corrected chi connectivity index (χ2v) is 2.41. The fourth-order valence-corrected chi connectivity index (χ4v) is 0.880. The first-order valence-electron chi connectivity index (χ1n) is 3.57. The van der Waals surface area contributed by atoms with Gasteiger partial charge in [-0.05, 0) is 19.1 Å². The van der Waals surface area contributed by atoms with Crippen molar-refractivity contribution in [1.29, 1.82) is 5.26 Å². The molecule has 1 amide bonds. The summed E-state index contributed by atoms with van der Waals surface area (Å²) in [6.45, 7) is 1.66. The van der Waals surface area contributed by atoms with Gasteiger partial charge < -0.3 is 0 Å². The molecule has 5 nitrogen and oxygen atoms in total. The predicted octanol–water partition coefficient (Wildman–Crippen LogP) is -0.135. The zero-order chi connectivity index (χ0) is 9.84. The molecule has 1 heterocycles. The molecule has 0 bridgehead atoms. The lowest BCUT2D eigenvalue weighted by molar-refractivity contribution is 0.0948. The number of amides is 1. The summed E-state index contributed by atoms with van der Waals surface area (Å²) in [4.78, 5) is 14.9. The van der Waals surface area contributed by atoms with Crippen LogP contribution in [0.25, 0.3) is 0 Å². The van der Waals surface area contributed by atoms with Gasteiger partial charge in [-0.3, -0.25) is 10.2 Å². The molecule has 0 aliphatic rings. The van der Waals surface area contributed by atoms with Gasteiger partial charge in [0, 0.05) is 0 Å². The summed E-state index contributed by atoms with van der Waals surface area (Å²) in [7, 11) is 0. The van der Waals surface area contributed by atoms with Crippen LogP contribution < -0.4 is 11.3 Å². The number of aromatic nitrogens is 1. The lowest BCUT2D eigenvalue weighted by atomic mass is 10.2. The molecule has 0 aliphatic heterocycles. The summed E-state index contributed by atoms with van der Waals surface area (Å²) in [5.41, 5.74) is 3.14. The monoisotopic (exact) mass is 176 g/mol. The van der Waals surface area contributed by atoms with Gasteiger partial charge in [0.1, 0.15) is 11.8 Å². The maximum Gasteiger partial charge on any atom is 0.283 e. The fourth-order valence-electron chi connectivity index (χ4n) is 0.880. The Labute approximate surface area is 75.2 Å². The van der Waals surface area contributed by atoms with Crippen molar-refractivity contribution in [2.45, 2.75) is 6.92 Å². The number of nitrogens with one attached hydrogen (secondary N) is 1. The van der Waals surface area contributed by atoms with Gasteiger partial charge in [0.2, 0.25) is 0 Å². The summed E-state index contributed by atoms with van der Waals surface area (Å²) in [6.07, 6.45) is 0. The minimum atomic E-state index is -0.465. The van der Waals surface area contributed by atoms with Crippen LogP contribution in [-0.2, 0) is 0 Å². The van der Waals surface area contributed by atoms with Crippen LogP contribution in [-0.4, -0.2) is 10.9 Å². The molecule has 0 aromatic carbocycles. The van der Waals surface area contributed by atoms with Gasteiger partial charge >= 0.3 is 0 Å². The molecule has 66 valence electrons. The normalized spacial score (nSPS) is 9.00. The van der Waals surface area contributed by atoms with Crippen molar-refractivity contribution < 1.29 is 4.79 Å². The highest BCUT2D eigenvalue weighted by Crippen LogP contribution is 2.04. The number of hydrogen-bond donors (Lipinski definition) is 2.